The molecule has 0 unspecified atom stereocenters. The lowest BCUT2D eigenvalue weighted by Crippen LogP contribution is -2.48. The van der Waals surface area contributed by atoms with Gasteiger partial charge in [-0.2, -0.15) is 0 Å². The molecular formula is C12H18Cl2N2. The molecule has 0 spiro atoms. The van der Waals surface area contributed by atoms with Gasteiger partial charge in [-0.3, -0.25) is 4.98 Å². The van der Waals surface area contributed by atoms with Crippen LogP contribution in [0.15, 0.2) is 18.3 Å². The average Bonchev–Trinajstić information content (AvgIpc) is 2.34. The second-order valence-electron chi connectivity index (χ2n) is 4.02. The molecule has 16 heavy (non-hydrogen) atoms. The maximum Gasteiger partial charge on any atom is 0.0570 e. The predicted octanol–water partition coefficient (Wildman–Crippen LogP) is 3.11. The Hall–Kier alpha value is -0.310. The van der Waals surface area contributed by atoms with Gasteiger partial charge in [-0.05, 0) is 25.0 Å². The van der Waals surface area contributed by atoms with E-state index in [-0.39, 0.29) is 5.54 Å². The van der Waals surface area contributed by atoms with Gasteiger partial charge in [0.15, 0.2) is 0 Å². The van der Waals surface area contributed by atoms with Crippen LogP contribution in [0.5, 0.6) is 0 Å². The van der Waals surface area contributed by atoms with Crippen LogP contribution < -0.4 is 5.32 Å². The molecule has 0 aliphatic carbocycles. The van der Waals surface area contributed by atoms with Gasteiger partial charge in [-0.25, -0.2) is 0 Å². The third-order valence-corrected chi connectivity index (χ3v) is 3.96. The van der Waals surface area contributed by atoms with Crippen LogP contribution in [0.25, 0.3) is 0 Å². The summed E-state index contributed by atoms with van der Waals surface area (Å²) in [7, 11) is 0. The zero-order valence-corrected chi connectivity index (χ0v) is 11.3. The molecule has 0 radical (unpaired) electrons. The summed E-state index contributed by atoms with van der Waals surface area (Å²) in [5, 5.41) is 3.41. The van der Waals surface area contributed by atoms with Gasteiger partial charge in [0.25, 0.3) is 0 Å². The second-order valence-corrected chi connectivity index (χ2v) is 4.56. The summed E-state index contributed by atoms with van der Waals surface area (Å²) < 4.78 is 0. The lowest BCUT2D eigenvalue weighted by molar-refractivity contribution is 0.382. The summed E-state index contributed by atoms with van der Waals surface area (Å²) in [6, 6.07) is 3.99. The molecule has 1 N–H and O–H groups in total. The molecule has 90 valence electrons. The van der Waals surface area contributed by atoms with Gasteiger partial charge < -0.3 is 5.32 Å². The minimum absolute atomic E-state index is 0.187. The molecule has 0 aliphatic rings. The Morgan fingerprint density at radius 1 is 1.38 bits per heavy atom. The van der Waals surface area contributed by atoms with Crippen molar-refractivity contribution in [3.63, 3.8) is 0 Å². The van der Waals surface area contributed by atoms with E-state index in [1.54, 1.807) is 6.20 Å². The third-order valence-electron chi connectivity index (χ3n) is 2.94. The largest absolute Gasteiger partial charge is 0.303 e. The van der Waals surface area contributed by atoms with E-state index in [9.17, 15) is 0 Å². The van der Waals surface area contributed by atoms with E-state index in [1.807, 2.05) is 6.07 Å². The quantitative estimate of drug-likeness (QED) is 0.796. The van der Waals surface area contributed by atoms with Gasteiger partial charge in [0, 0.05) is 30.0 Å². The fourth-order valence-corrected chi connectivity index (χ4v) is 2.27. The highest BCUT2D eigenvalue weighted by Crippen LogP contribution is 2.16. The fourth-order valence-electron chi connectivity index (χ4n) is 1.42. The van der Waals surface area contributed by atoms with Crippen molar-refractivity contribution >= 4 is 23.2 Å². The van der Waals surface area contributed by atoms with Crippen LogP contribution >= 0.6 is 23.2 Å². The van der Waals surface area contributed by atoms with E-state index in [1.165, 1.54) is 5.56 Å². The lowest BCUT2D eigenvalue weighted by Gasteiger charge is -2.29. The summed E-state index contributed by atoms with van der Waals surface area (Å²) >= 11 is 11.9. The molecule has 1 rings (SSSR count). The van der Waals surface area contributed by atoms with E-state index < -0.39 is 0 Å². The van der Waals surface area contributed by atoms with Crippen molar-refractivity contribution < 1.29 is 0 Å². The van der Waals surface area contributed by atoms with E-state index in [2.05, 4.69) is 30.2 Å². The summed E-state index contributed by atoms with van der Waals surface area (Å²) in [6.45, 7) is 4.85. The first-order valence-corrected chi connectivity index (χ1v) is 6.52. The number of nitrogens with zero attached hydrogens (tertiary/aromatic N) is 1. The highest BCUT2D eigenvalue weighted by Gasteiger charge is 2.25. The summed E-state index contributed by atoms with van der Waals surface area (Å²) in [5.41, 5.74) is 2.05. The van der Waals surface area contributed by atoms with E-state index in [0.717, 1.165) is 12.1 Å². The summed E-state index contributed by atoms with van der Waals surface area (Å²) in [4.78, 5) is 4.34. The van der Waals surface area contributed by atoms with Crippen molar-refractivity contribution in [3.05, 3.63) is 29.6 Å². The van der Waals surface area contributed by atoms with E-state index >= 15 is 0 Å². The van der Waals surface area contributed by atoms with Crippen molar-refractivity contribution in [1.82, 2.24) is 10.3 Å². The van der Waals surface area contributed by atoms with Crippen LogP contribution in [0.2, 0.25) is 0 Å². The number of hydrogen-bond donors (Lipinski definition) is 1. The minimum atomic E-state index is -0.187. The van der Waals surface area contributed by atoms with Crippen LogP contribution in [0.4, 0.5) is 0 Å². The third kappa shape index (κ3) is 3.34. The second kappa shape index (κ2) is 6.43. The van der Waals surface area contributed by atoms with E-state index in [0.29, 0.717) is 18.3 Å². The predicted molar refractivity (Wildman–Crippen MR) is 70.3 cm³/mol. The molecule has 0 aliphatic heterocycles. The Bertz CT molecular complexity index is 316. The Kier molecular flexibility index (Phi) is 5.53. The van der Waals surface area contributed by atoms with Crippen LogP contribution in [-0.2, 0) is 6.54 Å². The van der Waals surface area contributed by atoms with Crippen molar-refractivity contribution in [1.29, 1.82) is 0 Å². The number of rotatable bonds is 6. The van der Waals surface area contributed by atoms with Crippen molar-refractivity contribution in [3.8, 4) is 0 Å². The van der Waals surface area contributed by atoms with Crippen molar-refractivity contribution in [2.24, 2.45) is 0 Å². The lowest BCUT2D eigenvalue weighted by atomic mass is 10.0. The molecule has 0 saturated heterocycles. The molecular weight excluding hydrogens is 243 g/mol. The minimum Gasteiger partial charge on any atom is -0.303 e. The standard InChI is InChI=1S/C12H18Cl2N2/c1-3-12(8-13,9-14)16-7-11-10(2)5-4-6-15-11/h4-6,16H,3,7-9H2,1-2H3. The van der Waals surface area contributed by atoms with Gasteiger partial charge in [-0.15, -0.1) is 23.2 Å². The van der Waals surface area contributed by atoms with Crippen molar-refractivity contribution in [2.75, 3.05) is 11.8 Å². The molecule has 1 aromatic heterocycles. The smallest absolute Gasteiger partial charge is 0.0570 e. The SMILES string of the molecule is CCC(CCl)(CCl)NCc1ncccc1C. The number of alkyl halides is 2. The zero-order valence-electron chi connectivity index (χ0n) is 9.76. The Morgan fingerprint density at radius 2 is 2.06 bits per heavy atom. The molecule has 0 fully saturated rings. The van der Waals surface area contributed by atoms with E-state index in [4.69, 9.17) is 23.2 Å². The molecule has 0 saturated carbocycles. The highest BCUT2D eigenvalue weighted by atomic mass is 35.5. The Labute approximate surface area is 107 Å². The highest BCUT2D eigenvalue weighted by molar-refractivity contribution is 6.22. The topological polar surface area (TPSA) is 24.9 Å². The van der Waals surface area contributed by atoms with Crippen LogP contribution in [0, 0.1) is 6.92 Å². The maximum atomic E-state index is 5.96. The molecule has 4 heteroatoms. The van der Waals surface area contributed by atoms with Crippen molar-refractivity contribution in [2.45, 2.75) is 32.4 Å². The number of pyridine rings is 1. The number of nitrogens with one attached hydrogen (secondary N) is 1. The van der Waals surface area contributed by atoms with Crippen LogP contribution in [-0.4, -0.2) is 22.3 Å². The Morgan fingerprint density at radius 3 is 2.56 bits per heavy atom. The first-order valence-electron chi connectivity index (χ1n) is 5.45. The molecule has 0 bridgehead atoms. The van der Waals surface area contributed by atoms with Gasteiger partial charge in [0.05, 0.1) is 5.69 Å². The normalized spacial score (nSPS) is 11.8. The summed E-state index contributed by atoms with van der Waals surface area (Å²) in [5.74, 6) is 1.03. The molecule has 1 aromatic rings. The zero-order chi connectivity index (χ0) is 12.0. The average molecular weight is 261 g/mol. The Balaban J connectivity index is 2.66. The van der Waals surface area contributed by atoms with Gasteiger partial charge >= 0.3 is 0 Å². The monoisotopic (exact) mass is 260 g/mol. The molecule has 1 heterocycles. The first-order chi connectivity index (χ1) is 7.67. The summed E-state index contributed by atoms with van der Waals surface area (Å²) in [6.07, 6.45) is 2.71. The molecule has 0 aromatic carbocycles. The fraction of sp³-hybridized carbons (Fsp3) is 0.583. The van der Waals surface area contributed by atoms with Gasteiger partial charge in [-0.1, -0.05) is 13.0 Å². The van der Waals surface area contributed by atoms with Crippen LogP contribution in [0.3, 0.4) is 0 Å². The number of hydrogen-bond acceptors (Lipinski definition) is 2. The van der Waals surface area contributed by atoms with Gasteiger partial charge in [0.2, 0.25) is 0 Å². The molecule has 0 amide bonds. The number of aryl methyl sites for hydroxylation is 1. The first kappa shape index (κ1) is 13.8. The van der Waals surface area contributed by atoms with Crippen LogP contribution in [0.1, 0.15) is 24.6 Å². The number of halogens is 2. The van der Waals surface area contributed by atoms with Gasteiger partial charge in [0.1, 0.15) is 0 Å². The maximum absolute atomic E-state index is 5.96. The molecule has 0 atom stereocenters. The number of aromatic nitrogens is 1. The molecule has 2 nitrogen and oxygen atoms in total.